The molecule has 2 aliphatic heterocycles. The summed E-state index contributed by atoms with van der Waals surface area (Å²) in [6, 6.07) is 25.1. The van der Waals surface area contributed by atoms with Crippen LogP contribution in [0.5, 0.6) is 0 Å². The lowest BCUT2D eigenvalue weighted by atomic mass is 9.90. The van der Waals surface area contributed by atoms with Gasteiger partial charge < -0.3 is 30.0 Å². The summed E-state index contributed by atoms with van der Waals surface area (Å²) in [5, 5.41) is 15.3. The molecular weight excluding hydrogens is 494 g/mol. The van der Waals surface area contributed by atoms with Gasteiger partial charge in [-0.25, -0.2) is 4.79 Å². The molecule has 0 radical (unpaired) electrons. The third-order valence-corrected chi connectivity index (χ3v) is 7.38. The van der Waals surface area contributed by atoms with E-state index < -0.39 is 6.29 Å². The van der Waals surface area contributed by atoms with Gasteiger partial charge in [-0.15, -0.1) is 0 Å². The van der Waals surface area contributed by atoms with Crippen LogP contribution in [0.25, 0.3) is 0 Å². The zero-order chi connectivity index (χ0) is 27.0. The number of hydrogen-bond donors (Lipinski definition) is 3. The number of morpholine rings is 1. The van der Waals surface area contributed by atoms with Gasteiger partial charge >= 0.3 is 6.03 Å². The summed E-state index contributed by atoms with van der Waals surface area (Å²) in [4.78, 5) is 14.9. The monoisotopic (exact) mass is 531 g/mol. The van der Waals surface area contributed by atoms with Gasteiger partial charge in [-0.3, -0.25) is 4.90 Å². The summed E-state index contributed by atoms with van der Waals surface area (Å²) >= 11 is 0. The predicted molar refractivity (Wildman–Crippen MR) is 149 cm³/mol. The first kappa shape index (κ1) is 27.3. The van der Waals surface area contributed by atoms with E-state index in [4.69, 9.17) is 14.2 Å². The van der Waals surface area contributed by atoms with Crippen LogP contribution in [0.3, 0.4) is 0 Å². The largest absolute Gasteiger partial charge is 0.392 e. The van der Waals surface area contributed by atoms with Crippen molar-refractivity contribution in [2.24, 2.45) is 5.92 Å². The van der Waals surface area contributed by atoms with E-state index in [0.717, 1.165) is 55.1 Å². The average molecular weight is 532 g/mol. The van der Waals surface area contributed by atoms with Crippen LogP contribution in [0.4, 0.5) is 10.5 Å². The molecule has 2 fully saturated rings. The molecule has 2 saturated heterocycles. The number of amides is 2. The van der Waals surface area contributed by atoms with Crippen molar-refractivity contribution in [1.82, 2.24) is 10.2 Å². The quantitative estimate of drug-likeness (QED) is 0.393. The fourth-order valence-electron chi connectivity index (χ4n) is 5.08. The topological polar surface area (TPSA) is 92.3 Å². The molecule has 0 spiro atoms. The number of hydrogen-bond acceptors (Lipinski definition) is 6. The van der Waals surface area contributed by atoms with Gasteiger partial charge in [-0.05, 0) is 28.8 Å². The van der Waals surface area contributed by atoms with E-state index in [-0.39, 0.29) is 30.8 Å². The first-order valence-corrected chi connectivity index (χ1v) is 13.6. The summed E-state index contributed by atoms with van der Waals surface area (Å²) in [6.45, 7) is 6.62. The second-order valence-electron chi connectivity index (χ2n) is 10.2. The summed E-state index contributed by atoms with van der Waals surface area (Å²) in [6.07, 6.45) is -0.840. The third kappa shape index (κ3) is 7.23. The Morgan fingerprint density at radius 1 is 0.923 bits per heavy atom. The number of urea groups is 1. The van der Waals surface area contributed by atoms with Crippen LogP contribution < -0.4 is 10.6 Å². The van der Waals surface area contributed by atoms with Crippen LogP contribution in [-0.4, -0.2) is 55.0 Å². The standard InChI is InChI=1S/C31H37N3O5/c1-22-28(20-34-14-16-37-17-15-34)38-30(39-29(22)25-12-10-24(21-35)11-13-25)26-8-5-9-27(18-26)33-31(36)32-19-23-6-3-2-4-7-23/h2-13,18,22,28-30,35H,14-17,19-21H2,1H3,(H2,32,33,36)/t22-,28+,29+,30+/m0/s1. The number of rotatable bonds is 8. The third-order valence-electron chi connectivity index (χ3n) is 7.38. The summed E-state index contributed by atoms with van der Waals surface area (Å²) in [5.74, 6) is 0.106. The van der Waals surface area contributed by atoms with Gasteiger partial charge in [0.25, 0.3) is 0 Å². The van der Waals surface area contributed by atoms with E-state index in [1.807, 2.05) is 78.9 Å². The lowest BCUT2D eigenvalue weighted by molar-refractivity contribution is -0.277. The minimum absolute atomic E-state index is 0.00542. The molecule has 5 rings (SSSR count). The number of benzene rings is 3. The van der Waals surface area contributed by atoms with Crippen LogP contribution in [0, 0.1) is 5.92 Å². The van der Waals surface area contributed by atoms with Crippen molar-refractivity contribution < 1.29 is 24.1 Å². The number of carbonyl (C=O) groups excluding carboxylic acids is 1. The predicted octanol–water partition coefficient (Wildman–Crippen LogP) is 4.62. The molecule has 0 unspecified atom stereocenters. The summed E-state index contributed by atoms with van der Waals surface area (Å²) in [7, 11) is 0. The Labute approximate surface area is 229 Å². The van der Waals surface area contributed by atoms with Gasteiger partial charge in [0.1, 0.15) is 0 Å². The highest BCUT2D eigenvalue weighted by molar-refractivity contribution is 5.89. The van der Waals surface area contributed by atoms with Gasteiger partial charge in [0.2, 0.25) is 0 Å². The molecule has 0 saturated carbocycles. The molecule has 4 atom stereocenters. The molecule has 3 aromatic carbocycles. The first-order chi connectivity index (χ1) is 19.1. The van der Waals surface area contributed by atoms with Gasteiger partial charge in [0, 0.05) is 43.3 Å². The van der Waals surface area contributed by atoms with Crippen LogP contribution in [0.1, 0.15) is 41.6 Å². The van der Waals surface area contributed by atoms with Gasteiger partial charge in [0.05, 0.1) is 32.0 Å². The number of nitrogens with one attached hydrogen (secondary N) is 2. The minimum Gasteiger partial charge on any atom is -0.392 e. The zero-order valence-corrected chi connectivity index (χ0v) is 22.3. The van der Waals surface area contributed by atoms with Crippen molar-refractivity contribution in [3.8, 4) is 0 Å². The molecule has 2 heterocycles. The van der Waals surface area contributed by atoms with E-state index in [1.165, 1.54) is 0 Å². The Balaban J connectivity index is 1.31. The Bertz CT molecular complexity index is 1200. The SMILES string of the molecule is C[C@H]1[C@@H](CN2CCOCC2)O[C@@H](c2cccc(NC(=O)NCc3ccccc3)c2)O[C@H]1c1ccc(CO)cc1. The van der Waals surface area contributed by atoms with Crippen molar-refractivity contribution in [2.45, 2.75) is 38.6 Å². The molecule has 0 aromatic heterocycles. The van der Waals surface area contributed by atoms with Crippen LogP contribution in [0.15, 0.2) is 78.9 Å². The Hall–Kier alpha value is -3.27. The second kappa shape index (κ2) is 13.2. The first-order valence-electron chi connectivity index (χ1n) is 13.6. The van der Waals surface area contributed by atoms with Crippen molar-refractivity contribution in [1.29, 1.82) is 0 Å². The van der Waals surface area contributed by atoms with Gasteiger partial charge in [-0.2, -0.15) is 0 Å². The smallest absolute Gasteiger partial charge is 0.319 e. The molecule has 0 aliphatic carbocycles. The van der Waals surface area contributed by atoms with E-state index in [9.17, 15) is 9.90 Å². The normalized spacial score (nSPS) is 23.7. The number of carbonyl (C=O) groups is 1. The molecule has 2 aliphatic rings. The summed E-state index contributed by atoms with van der Waals surface area (Å²) in [5.41, 5.74) is 4.45. The van der Waals surface area contributed by atoms with E-state index >= 15 is 0 Å². The molecule has 3 N–H and O–H groups in total. The Kier molecular flexibility index (Phi) is 9.23. The number of anilines is 1. The molecule has 8 nitrogen and oxygen atoms in total. The van der Waals surface area contributed by atoms with Crippen molar-refractivity contribution in [2.75, 3.05) is 38.2 Å². The highest BCUT2D eigenvalue weighted by Crippen LogP contribution is 2.42. The summed E-state index contributed by atoms with van der Waals surface area (Å²) < 4.78 is 18.7. The zero-order valence-electron chi connectivity index (χ0n) is 22.3. The lowest BCUT2D eigenvalue weighted by Gasteiger charge is -2.43. The molecule has 8 heteroatoms. The number of nitrogens with zero attached hydrogens (tertiary/aromatic N) is 1. The van der Waals surface area contributed by atoms with Crippen molar-refractivity contribution in [3.05, 3.63) is 101 Å². The van der Waals surface area contributed by atoms with Crippen LogP contribution in [-0.2, 0) is 27.4 Å². The van der Waals surface area contributed by atoms with E-state index in [0.29, 0.717) is 12.2 Å². The van der Waals surface area contributed by atoms with Gasteiger partial charge in [0.15, 0.2) is 6.29 Å². The molecule has 0 bridgehead atoms. The van der Waals surface area contributed by atoms with Crippen LogP contribution in [0.2, 0.25) is 0 Å². The maximum absolute atomic E-state index is 12.6. The van der Waals surface area contributed by atoms with E-state index in [1.54, 1.807) is 0 Å². The maximum atomic E-state index is 12.6. The Morgan fingerprint density at radius 3 is 2.44 bits per heavy atom. The van der Waals surface area contributed by atoms with E-state index in [2.05, 4.69) is 22.5 Å². The average Bonchev–Trinajstić information content (AvgIpc) is 2.98. The van der Waals surface area contributed by atoms with Gasteiger partial charge in [-0.1, -0.05) is 73.7 Å². The highest BCUT2D eigenvalue weighted by atomic mass is 16.7. The second-order valence-corrected chi connectivity index (χ2v) is 10.2. The highest BCUT2D eigenvalue weighted by Gasteiger charge is 2.39. The molecule has 206 valence electrons. The van der Waals surface area contributed by atoms with Crippen molar-refractivity contribution >= 4 is 11.7 Å². The molecule has 2 amide bonds. The lowest BCUT2D eigenvalue weighted by Crippen LogP contribution is -2.47. The number of ether oxygens (including phenoxy) is 3. The van der Waals surface area contributed by atoms with Crippen LogP contribution >= 0.6 is 0 Å². The van der Waals surface area contributed by atoms with Crippen molar-refractivity contribution in [3.63, 3.8) is 0 Å². The molecule has 39 heavy (non-hydrogen) atoms. The number of aliphatic hydroxyl groups excluding tert-OH is 1. The maximum Gasteiger partial charge on any atom is 0.319 e. The fourth-order valence-corrected chi connectivity index (χ4v) is 5.08. The molecular formula is C31H37N3O5. The Morgan fingerprint density at radius 2 is 1.69 bits per heavy atom. The molecule has 3 aromatic rings. The number of aliphatic hydroxyl groups is 1. The minimum atomic E-state index is -0.594. The fraction of sp³-hybridized carbons (Fsp3) is 0.387.